The molecular formula is C16H22IN3O. The number of carbonyl (C=O) groups is 1. The lowest BCUT2D eigenvalue weighted by Gasteiger charge is -2.28. The summed E-state index contributed by atoms with van der Waals surface area (Å²) in [4.78, 5) is 20.5. The molecule has 0 bridgehead atoms. The number of carbonyl (C=O) groups excluding carboxylic acids is 1. The van der Waals surface area contributed by atoms with Gasteiger partial charge >= 0.3 is 0 Å². The number of aromatic amines is 1. The third-order valence-electron chi connectivity index (χ3n) is 4.21. The Morgan fingerprint density at radius 3 is 2.81 bits per heavy atom. The fourth-order valence-electron chi connectivity index (χ4n) is 2.07. The topological polar surface area (TPSA) is 57.2 Å². The van der Waals surface area contributed by atoms with E-state index in [1.165, 1.54) is 18.6 Å². The van der Waals surface area contributed by atoms with Crippen LogP contribution in [-0.4, -0.2) is 26.7 Å². The average Bonchev–Trinajstić information content (AvgIpc) is 3.16. The molecule has 1 fully saturated rings. The van der Waals surface area contributed by atoms with Crippen molar-refractivity contribution in [2.24, 2.45) is 16.3 Å². The van der Waals surface area contributed by atoms with Crippen LogP contribution in [0.3, 0.4) is 0 Å². The van der Waals surface area contributed by atoms with Crippen LogP contribution >= 0.6 is 20.7 Å². The minimum atomic E-state index is -0.179. The van der Waals surface area contributed by atoms with Crippen LogP contribution in [-0.2, 0) is 0 Å². The second-order valence-electron chi connectivity index (χ2n) is 6.96. The number of H-pyrrole nitrogens is 1. The van der Waals surface area contributed by atoms with Crippen molar-refractivity contribution >= 4 is 42.0 Å². The first-order chi connectivity index (χ1) is 9.86. The molecule has 0 radical (unpaired) electrons. The minimum Gasteiger partial charge on any atom is -0.354 e. The molecule has 1 unspecified atom stereocenters. The maximum Gasteiger partial charge on any atom is 0.255 e. The smallest absolute Gasteiger partial charge is 0.255 e. The summed E-state index contributed by atoms with van der Waals surface area (Å²) in [6.07, 6.45) is 4.32. The maximum absolute atomic E-state index is 12.5. The summed E-state index contributed by atoms with van der Waals surface area (Å²) in [5, 5.41) is 3.11. The lowest BCUT2D eigenvalue weighted by Crippen LogP contribution is -2.41. The van der Waals surface area contributed by atoms with E-state index in [0.29, 0.717) is 11.5 Å². The SMILES string of the molecule is CC(NC(=O)c1c[nH]c2c1N=C(C1CC1)C=I2)C(C)(C)C. The first kappa shape index (κ1) is 14.9. The molecule has 1 aliphatic carbocycles. The van der Waals surface area contributed by atoms with Crippen molar-refractivity contribution in [2.75, 3.05) is 0 Å². The lowest BCUT2D eigenvalue weighted by atomic mass is 9.88. The molecule has 114 valence electrons. The predicted molar refractivity (Wildman–Crippen MR) is 95.8 cm³/mol. The van der Waals surface area contributed by atoms with Gasteiger partial charge in [-0.15, -0.1) is 0 Å². The van der Waals surface area contributed by atoms with Crippen LogP contribution in [0.4, 0.5) is 5.69 Å². The van der Waals surface area contributed by atoms with Crippen molar-refractivity contribution in [1.82, 2.24) is 10.3 Å². The van der Waals surface area contributed by atoms with Crippen LogP contribution in [0.1, 0.15) is 50.9 Å². The van der Waals surface area contributed by atoms with Crippen molar-refractivity contribution in [1.29, 1.82) is 0 Å². The highest BCUT2D eigenvalue weighted by Crippen LogP contribution is 2.38. The van der Waals surface area contributed by atoms with E-state index in [-0.39, 0.29) is 38.1 Å². The Hall–Kier alpha value is -0.980. The molecular weight excluding hydrogens is 377 g/mol. The van der Waals surface area contributed by atoms with E-state index in [2.05, 4.69) is 42.0 Å². The Morgan fingerprint density at radius 1 is 1.48 bits per heavy atom. The van der Waals surface area contributed by atoms with Gasteiger partial charge in [0.1, 0.15) is 5.69 Å². The molecule has 5 heteroatoms. The molecule has 3 rings (SSSR count). The third-order valence-corrected chi connectivity index (χ3v) is 6.60. The number of nitrogens with zero attached hydrogens (tertiary/aromatic N) is 1. The summed E-state index contributed by atoms with van der Waals surface area (Å²) in [5.74, 6) is 0.636. The van der Waals surface area contributed by atoms with Crippen molar-refractivity contribution in [3.8, 4) is 0 Å². The second kappa shape index (κ2) is 5.34. The fourth-order valence-corrected chi connectivity index (χ4v) is 4.39. The summed E-state index contributed by atoms with van der Waals surface area (Å²) in [6, 6.07) is 0.118. The largest absolute Gasteiger partial charge is 0.354 e. The molecule has 0 saturated heterocycles. The van der Waals surface area contributed by atoms with Gasteiger partial charge in [-0.05, 0) is 29.2 Å². The molecule has 1 atom stereocenters. The van der Waals surface area contributed by atoms with E-state index < -0.39 is 0 Å². The number of amides is 1. The van der Waals surface area contributed by atoms with Gasteiger partial charge in [-0.3, -0.25) is 4.79 Å². The number of hydrogen-bond acceptors (Lipinski definition) is 2. The zero-order valence-electron chi connectivity index (χ0n) is 13.0. The molecule has 1 saturated carbocycles. The van der Waals surface area contributed by atoms with Gasteiger partial charge in [0.25, 0.3) is 5.91 Å². The van der Waals surface area contributed by atoms with Crippen molar-refractivity contribution in [3.63, 3.8) is 0 Å². The molecule has 2 heterocycles. The number of rotatable bonds is 3. The monoisotopic (exact) mass is 399 g/mol. The Morgan fingerprint density at radius 2 is 2.19 bits per heavy atom. The van der Waals surface area contributed by atoms with Gasteiger partial charge in [-0.2, -0.15) is 0 Å². The number of aliphatic imine (C=N–C) groups is 1. The Labute approximate surface area is 135 Å². The van der Waals surface area contributed by atoms with Crippen molar-refractivity contribution in [3.05, 3.63) is 15.5 Å². The quantitative estimate of drug-likeness (QED) is 0.750. The molecule has 1 aromatic rings. The summed E-state index contributed by atoms with van der Waals surface area (Å²) >= 11 is -0.179. The van der Waals surface area contributed by atoms with Crippen molar-refractivity contribution in [2.45, 2.75) is 46.6 Å². The number of fused-ring (bicyclic) bond motifs is 1. The average molecular weight is 399 g/mol. The Kier molecular flexibility index (Phi) is 3.80. The highest BCUT2D eigenvalue weighted by Gasteiger charge is 2.30. The second-order valence-corrected chi connectivity index (χ2v) is 9.28. The third kappa shape index (κ3) is 3.12. The van der Waals surface area contributed by atoms with E-state index in [9.17, 15) is 4.79 Å². The van der Waals surface area contributed by atoms with Gasteiger partial charge in [0.2, 0.25) is 0 Å². The van der Waals surface area contributed by atoms with E-state index in [1.807, 2.05) is 6.20 Å². The van der Waals surface area contributed by atoms with Crippen molar-refractivity contribution < 1.29 is 4.79 Å². The molecule has 1 amide bonds. The summed E-state index contributed by atoms with van der Waals surface area (Å²) in [7, 11) is 0. The predicted octanol–water partition coefficient (Wildman–Crippen LogP) is 3.62. The first-order valence-electron chi connectivity index (χ1n) is 7.43. The van der Waals surface area contributed by atoms with Gasteiger partial charge in [0, 0.05) is 18.2 Å². The highest BCUT2D eigenvalue weighted by molar-refractivity contribution is 14.2. The van der Waals surface area contributed by atoms with Crippen LogP contribution in [0.25, 0.3) is 0 Å². The molecule has 0 spiro atoms. The van der Waals surface area contributed by atoms with E-state index in [0.717, 1.165) is 9.39 Å². The molecule has 21 heavy (non-hydrogen) atoms. The number of nitrogens with one attached hydrogen (secondary N) is 2. The minimum absolute atomic E-state index is 0.0141. The van der Waals surface area contributed by atoms with Crippen LogP contribution in [0.2, 0.25) is 0 Å². The Bertz CT molecular complexity index is 632. The van der Waals surface area contributed by atoms with E-state index >= 15 is 0 Å². The van der Waals surface area contributed by atoms with Crippen LogP contribution in [0.5, 0.6) is 0 Å². The standard InChI is InChI=1S/C16H22IN3O/c1-9(16(2,3)4)19-15(21)11-8-18-14-13(11)20-12(7-17-14)10-5-6-10/h7-10,18H,5-6H2,1-4H3,(H,19,21). The normalized spacial score (nSPS) is 19.3. The van der Waals surface area contributed by atoms with Gasteiger partial charge in [0.05, 0.1) is 15.0 Å². The molecule has 2 aliphatic rings. The molecule has 1 aromatic heterocycles. The van der Waals surface area contributed by atoms with E-state index in [1.54, 1.807) is 0 Å². The zero-order valence-corrected chi connectivity index (χ0v) is 15.1. The summed E-state index contributed by atoms with van der Waals surface area (Å²) < 4.78 is 3.46. The van der Waals surface area contributed by atoms with Crippen LogP contribution in [0.15, 0.2) is 11.2 Å². The van der Waals surface area contributed by atoms with Gasteiger partial charge < -0.3 is 10.3 Å². The van der Waals surface area contributed by atoms with Crippen LogP contribution < -0.4 is 5.32 Å². The molecule has 4 nitrogen and oxygen atoms in total. The van der Waals surface area contributed by atoms with Crippen LogP contribution in [0, 0.1) is 15.0 Å². The van der Waals surface area contributed by atoms with E-state index in [4.69, 9.17) is 4.99 Å². The number of aromatic nitrogens is 1. The van der Waals surface area contributed by atoms with Gasteiger partial charge in [-0.25, -0.2) is 4.99 Å². The summed E-state index contributed by atoms with van der Waals surface area (Å²) in [6.45, 7) is 8.45. The molecule has 2 N–H and O–H groups in total. The lowest BCUT2D eigenvalue weighted by molar-refractivity contribution is 0.0911. The fraction of sp³-hybridized carbons (Fsp3) is 0.562. The molecule has 1 aliphatic heterocycles. The highest BCUT2D eigenvalue weighted by atomic mass is 127. The maximum atomic E-state index is 12.5. The number of halogens is 1. The Balaban J connectivity index is 1.83. The number of hydrogen-bond donors (Lipinski definition) is 2. The molecule has 0 aromatic carbocycles. The zero-order chi connectivity index (χ0) is 15.2. The summed E-state index contributed by atoms with van der Waals surface area (Å²) in [5.41, 5.74) is 2.86. The van der Waals surface area contributed by atoms with Gasteiger partial charge in [-0.1, -0.05) is 41.5 Å². The van der Waals surface area contributed by atoms with Gasteiger partial charge in [0.15, 0.2) is 0 Å². The first-order valence-corrected chi connectivity index (χ1v) is 9.76.